The summed E-state index contributed by atoms with van der Waals surface area (Å²) in [4.78, 5) is 12.2. The van der Waals surface area contributed by atoms with E-state index in [9.17, 15) is 13.4 Å². The highest BCUT2D eigenvalue weighted by atomic mass is 79.9. The van der Waals surface area contributed by atoms with Crippen molar-refractivity contribution in [2.75, 3.05) is 0 Å². The fourth-order valence-electron chi connectivity index (χ4n) is 1.37. The molecule has 4 nitrogen and oxygen atoms in total. The summed E-state index contributed by atoms with van der Waals surface area (Å²) >= 11 is 3.22. The summed E-state index contributed by atoms with van der Waals surface area (Å²) in [5.41, 5.74) is -0.321. The van der Waals surface area contributed by atoms with E-state index in [2.05, 4.69) is 20.3 Å². The summed E-state index contributed by atoms with van der Waals surface area (Å²) in [6, 6.07) is 4.12. The van der Waals surface area contributed by atoms with E-state index in [1.165, 1.54) is 18.2 Å². The third kappa shape index (κ3) is 5.28. The van der Waals surface area contributed by atoms with Crippen LogP contribution in [0.15, 0.2) is 27.1 Å². The van der Waals surface area contributed by atoms with Crippen molar-refractivity contribution >= 4 is 38.6 Å². The van der Waals surface area contributed by atoms with E-state index < -0.39 is 33.6 Å². The number of benzene rings is 1. The lowest BCUT2D eigenvalue weighted by atomic mass is 10.1. The molecule has 0 aliphatic carbocycles. The number of esters is 1. The van der Waals surface area contributed by atoms with Crippen LogP contribution in [0.25, 0.3) is 0 Å². The highest BCUT2D eigenvalue weighted by Gasteiger charge is 2.26. The molecule has 0 spiro atoms. The molecule has 122 valence electrons. The van der Waals surface area contributed by atoms with Gasteiger partial charge in [-0.15, -0.1) is 0 Å². The van der Waals surface area contributed by atoms with Crippen LogP contribution < -0.4 is 0 Å². The lowest BCUT2D eigenvalue weighted by Crippen LogP contribution is -2.27. The smallest absolute Gasteiger partial charge is 0.358 e. The van der Waals surface area contributed by atoms with Gasteiger partial charge in [0.1, 0.15) is 16.8 Å². The van der Waals surface area contributed by atoms with Gasteiger partial charge in [-0.05, 0) is 52.8 Å². The van der Waals surface area contributed by atoms with Crippen molar-refractivity contribution in [2.45, 2.75) is 45.5 Å². The van der Waals surface area contributed by atoms with E-state index in [1.807, 2.05) is 0 Å². The molecule has 0 aromatic heterocycles. The van der Waals surface area contributed by atoms with Crippen LogP contribution in [-0.4, -0.2) is 26.7 Å². The Morgan fingerprint density at radius 3 is 2.45 bits per heavy atom. The zero-order valence-corrected chi connectivity index (χ0v) is 15.5. The maximum absolute atomic E-state index is 14.1. The molecule has 0 fully saturated rings. The first-order valence-corrected chi connectivity index (χ1v) is 8.59. The molecule has 0 unspecified atom stereocenters. The summed E-state index contributed by atoms with van der Waals surface area (Å²) in [6.45, 7) is 8.50. The summed E-state index contributed by atoms with van der Waals surface area (Å²) in [7, 11) is -1.71. The van der Waals surface area contributed by atoms with Gasteiger partial charge < -0.3 is 4.74 Å². The Kier molecular flexibility index (Phi) is 6.43. The van der Waals surface area contributed by atoms with Gasteiger partial charge >= 0.3 is 5.97 Å². The van der Waals surface area contributed by atoms with E-state index in [-0.39, 0.29) is 11.3 Å². The Bertz CT molecular complexity index is 624. The number of nitrogens with zero attached hydrogens (tertiary/aromatic N) is 1. The topological polar surface area (TPSA) is 55.7 Å². The van der Waals surface area contributed by atoms with Gasteiger partial charge in [-0.2, -0.15) is 4.40 Å². The molecule has 1 atom stereocenters. The van der Waals surface area contributed by atoms with Crippen LogP contribution in [0.4, 0.5) is 4.39 Å². The van der Waals surface area contributed by atoms with Crippen molar-refractivity contribution < 1.29 is 18.1 Å². The molecule has 7 heteroatoms. The Labute approximate surface area is 140 Å². The lowest BCUT2D eigenvalue weighted by Gasteiger charge is -2.16. The van der Waals surface area contributed by atoms with Crippen molar-refractivity contribution in [3.8, 4) is 0 Å². The van der Waals surface area contributed by atoms with Gasteiger partial charge in [0.15, 0.2) is 5.71 Å². The van der Waals surface area contributed by atoms with Gasteiger partial charge in [-0.3, -0.25) is 0 Å². The molecule has 0 bridgehead atoms. The predicted octanol–water partition coefficient (Wildman–Crippen LogP) is 3.79. The average Bonchev–Trinajstić information content (AvgIpc) is 2.36. The zero-order valence-electron chi connectivity index (χ0n) is 13.1. The molecular formula is C15H19BrFNO3S. The second kappa shape index (κ2) is 7.46. The molecular weight excluding hydrogens is 373 g/mol. The van der Waals surface area contributed by atoms with Gasteiger partial charge in [0, 0.05) is 10.0 Å². The molecule has 22 heavy (non-hydrogen) atoms. The van der Waals surface area contributed by atoms with Crippen LogP contribution in [0.5, 0.6) is 0 Å². The second-order valence-corrected chi connectivity index (χ2v) is 8.70. The highest BCUT2D eigenvalue weighted by molar-refractivity contribution is 9.10. The lowest BCUT2D eigenvalue weighted by molar-refractivity contribution is -0.138. The normalized spacial score (nSPS) is 14.1. The van der Waals surface area contributed by atoms with Gasteiger partial charge in [-0.1, -0.05) is 15.9 Å². The van der Waals surface area contributed by atoms with Crippen molar-refractivity contribution in [1.29, 1.82) is 0 Å². The predicted molar refractivity (Wildman–Crippen MR) is 89.8 cm³/mol. The molecule has 0 heterocycles. The Morgan fingerprint density at radius 2 is 1.95 bits per heavy atom. The van der Waals surface area contributed by atoms with Crippen molar-refractivity contribution in [1.82, 2.24) is 0 Å². The summed E-state index contributed by atoms with van der Waals surface area (Å²) in [6.07, 6.45) is -0.393. The first kappa shape index (κ1) is 19.0. The number of carbonyl (C=O) groups excluding carboxylic acids is 1. The van der Waals surface area contributed by atoms with Gasteiger partial charge in [0.25, 0.3) is 0 Å². The molecule has 0 saturated heterocycles. The number of rotatable bonds is 4. The maximum atomic E-state index is 14.1. The maximum Gasteiger partial charge on any atom is 0.358 e. The minimum absolute atomic E-state index is 0.0439. The van der Waals surface area contributed by atoms with Crippen LogP contribution in [0, 0.1) is 5.82 Å². The van der Waals surface area contributed by atoms with Gasteiger partial charge in [-0.25, -0.2) is 13.4 Å². The average molecular weight is 392 g/mol. The molecule has 1 aromatic carbocycles. The van der Waals surface area contributed by atoms with E-state index in [0.717, 1.165) is 0 Å². The Morgan fingerprint density at radius 1 is 1.36 bits per heavy atom. The number of hydrogen-bond acceptors (Lipinski definition) is 3. The molecule has 0 saturated carbocycles. The van der Waals surface area contributed by atoms with Crippen LogP contribution >= 0.6 is 15.9 Å². The van der Waals surface area contributed by atoms with E-state index in [4.69, 9.17) is 4.74 Å². The summed E-state index contributed by atoms with van der Waals surface area (Å²) in [5, 5.41) is 0. The van der Waals surface area contributed by atoms with Gasteiger partial charge in [0.2, 0.25) is 0 Å². The number of carbonyl (C=O) groups is 1. The van der Waals surface area contributed by atoms with Crippen molar-refractivity contribution in [2.24, 2.45) is 4.40 Å². The van der Waals surface area contributed by atoms with E-state index >= 15 is 0 Å². The molecule has 0 aliphatic heterocycles. The highest BCUT2D eigenvalue weighted by Crippen LogP contribution is 2.20. The molecule has 0 amide bonds. The van der Waals surface area contributed by atoms with Crippen LogP contribution in [0.1, 0.15) is 40.2 Å². The number of halogens is 2. The van der Waals surface area contributed by atoms with Crippen molar-refractivity contribution in [3.63, 3.8) is 0 Å². The minimum Gasteiger partial charge on any atom is -0.458 e. The molecule has 1 aromatic rings. The fraction of sp³-hybridized carbons (Fsp3) is 0.467. The molecule has 0 N–H and O–H groups in total. The Balaban J connectivity index is 3.40. The van der Waals surface area contributed by atoms with E-state index in [1.54, 1.807) is 34.6 Å². The van der Waals surface area contributed by atoms with Gasteiger partial charge in [0.05, 0.1) is 10.9 Å². The number of hydrogen-bond donors (Lipinski definition) is 0. The van der Waals surface area contributed by atoms with E-state index in [0.29, 0.717) is 4.47 Å². The summed E-state index contributed by atoms with van der Waals surface area (Å²) in [5.74, 6) is -1.43. The second-order valence-electron chi connectivity index (χ2n) is 5.88. The third-order valence-electron chi connectivity index (χ3n) is 2.42. The zero-order chi connectivity index (χ0) is 17.1. The van der Waals surface area contributed by atoms with Crippen LogP contribution in [0.2, 0.25) is 0 Å². The molecule has 1 rings (SSSR count). The van der Waals surface area contributed by atoms with Crippen LogP contribution in [0.3, 0.4) is 0 Å². The SMILES string of the molecule is CC(C)OC(=O)C(=N[S@@](=O)C(C)(C)C)c1cc(Br)ccc1F. The molecule has 0 aliphatic rings. The first-order valence-electron chi connectivity index (χ1n) is 6.69. The van der Waals surface area contributed by atoms with Crippen molar-refractivity contribution in [3.05, 3.63) is 34.1 Å². The quantitative estimate of drug-likeness (QED) is 0.579. The third-order valence-corrected chi connectivity index (χ3v) is 4.31. The fourth-order valence-corrected chi connectivity index (χ4v) is 2.34. The monoisotopic (exact) mass is 391 g/mol. The largest absolute Gasteiger partial charge is 0.458 e. The first-order chi connectivity index (χ1) is 10.0. The van der Waals surface area contributed by atoms with Crippen LogP contribution in [-0.2, 0) is 20.5 Å². The summed E-state index contributed by atoms with van der Waals surface area (Å²) < 4.78 is 35.2. The standard InChI is InChI=1S/C15H19BrFNO3S/c1-9(2)21-14(19)13(18-22(20)15(3,4)5)11-8-10(16)6-7-12(11)17/h6-9H,1-5H3/t22-/m0/s1. The Hall–Kier alpha value is -1.08. The number of ether oxygens (including phenoxy) is 1. The minimum atomic E-state index is -1.71. The molecule has 0 radical (unpaired) electrons.